The molecule has 1 aromatic rings. The van der Waals surface area contributed by atoms with Crippen molar-refractivity contribution in [3.8, 4) is 0 Å². The van der Waals surface area contributed by atoms with E-state index in [-0.39, 0.29) is 0 Å². The molecule has 2 atom stereocenters. The third-order valence-electron chi connectivity index (χ3n) is 4.69. The molecule has 1 saturated heterocycles. The fourth-order valence-electron chi connectivity index (χ4n) is 3.36. The topological polar surface area (TPSA) is 36.9 Å². The van der Waals surface area contributed by atoms with Gasteiger partial charge < -0.3 is 15.0 Å². The van der Waals surface area contributed by atoms with Gasteiger partial charge in [0.2, 0.25) is 0 Å². The summed E-state index contributed by atoms with van der Waals surface area (Å²) in [7, 11) is 1.89. The van der Waals surface area contributed by atoms with E-state index in [1.807, 2.05) is 7.05 Å². The Morgan fingerprint density at radius 1 is 1.27 bits per heavy atom. The molecule has 1 aliphatic heterocycles. The van der Waals surface area contributed by atoms with Crippen molar-refractivity contribution in [1.29, 1.82) is 0 Å². The minimum Gasteiger partial charge on any atom is -0.378 e. The standard InChI is InChI=1S/C18H27N3O/c1-3-22-15-9-11-21(12-10-15)18(19-2)20-17-13-16(17)14-7-5-4-6-8-14/h4-8,15-17H,3,9-13H2,1-2H3,(H,19,20). The maximum absolute atomic E-state index is 5.73. The molecule has 1 aromatic carbocycles. The van der Waals surface area contributed by atoms with Gasteiger partial charge in [-0.3, -0.25) is 4.99 Å². The number of guanidine groups is 1. The first kappa shape index (κ1) is 15.3. The number of nitrogens with one attached hydrogen (secondary N) is 1. The van der Waals surface area contributed by atoms with Crippen LogP contribution in [0.2, 0.25) is 0 Å². The molecule has 2 aliphatic rings. The summed E-state index contributed by atoms with van der Waals surface area (Å²) in [4.78, 5) is 6.85. The monoisotopic (exact) mass is 301 g/mol. The van der Waals surface area contributed by atoms with Gasteiger partial charge in [-0.15, -0.1) is 0 Å². The van der Waals surface area contributed by atoms with Crippen molar-refractivity contribution in [2.75, 3.05) is 26.7 Å². The van der Waals surface area contributed by atoms with Gasteiger partial charge in [-0.25, -0.2) is 0 Å². The van der Waals surface area contributed by atoms with Crippen LogP contribution in [0.3, 0.4) is 0 Å². The molecular formula is C18H27N3O. The van der Waals surface area contributed by atoms with E-state index in [0.717, 1.165) is 38.5 Å². The molecule has 4 heteroatoms. The number of hydrogen-bond acceptors (Lipinski definition) is 2. The van der Waals surface area contributed by atoms with Crippen LogP contribution in [0, 0.1) is 0 Å². The van der Waals surface area contributed by atoms with Crippen molar-refractivity contribution in [2.24, 2.45) is 4.99 Å². The molecule has 4 nitrogen and oxygen atoms in total. The lowest BCUT2D eigenvalue weighted by atomic mass is 10.1. The lowest BCUT2D eigenvalue weighted by molar-refractivity contribution is 0.0263. The van der Waals surface area contributed by atoms with Gasteiger partial charge in [-0.05, 0) is 31.7 Å². The molecule has 1 heterocycles. The van der Waals surface area contributed by atoms with Gasteiger partial charge in [0.05, 0.1) is 6.10 Å². The van der Waals surface area contributed by atoms with Gasteiger partial charge in [0.1, 0.15) is 0 Å². The van der Waals surface area contributed by atoms with Crippen molar-refractivity contribution in [1.82, 2.24) is 10.2 Å². The van der Waals surface area contributed by atoms with Gasteiger partial charge in [-0.1, -0.05) is 30.3 Å². The van der Waals surface area contributed by atoms with E-state index in [2.05, 4.69) is 52.5 Å². The molecule has 0 radical (unpaired) electrons. The van der Waals surface area contributed by atoms with Crippen molar-refractivity contribution in [3.05, 3.63) is 35.9 Å². The normalized spacial score (nSPS) is 26.1. The summed E-state index contributed by atoms with van der Waals surface area (Å²) in [5.74, 6) is 1.69. The van der Waals surface area contributed by atoms with Crippen molar-refractivity contribution in [2.45, 2.75) is 44.2 Å². The highest BCUT2D eigenvalue weighted by Gasteiger charge is 2.39. The minimum absolute atomic E-state index is 0.428. The first-order valence-electron chi connectivity index (χ1n) is 8.46. The Morgan fingerprint density at radius 2 is 2.00 bits per heavy atom. The van der Waals surface area contributed by atoms with E-state index < -0.39 is 0 Å². The van der Waals surface area contributed by atoms with Crippen LogP contribution in [0.25, 0.3) is 0 Å². The average molecular weight is 301 g/mol. The SMILES string of the molecule is CCOC1CCN(C(=NC)NC2CC2c2ccccc2)CC1. The first-order valence-corrected chi connectivity index (χ1v) is 8.46. The quantitative estimate of drug-likeness (QED) is 0.686. The number of aliphatic imine (C=N–C) groups is 1. The van der Waals surface area contributed by atoms with Crippen LogP contribution < -0.4 is 5.32 Å². The second-order valence-electron chi connectivity index (χ2n) is 6.19. The van der Waals surface area contributed by atoms with Crippen LogP contribution in [0.4, 0.5) is 0 Å². The average Bonchev–Trinajstić information content (AvgIpc) is 3.34. The molecule has 22 heavy (non-hydrogen) atoms. The summed E-state index contributed by atoms with van der Waals surface area (Å²) in [6.45, 7) is 4.96. The molecule has 1 saturated carbocycles. The second-order valence-corrected chi connectivity index (χ2v) is 6.19. The van der Waals surface area contributed by atoms with Gasteiger partial charge in [0.25, 0.3) is 0 Å². The lowest BCUT2D eigenvalue weighted by Crippen LogP contribution is -2.47. The van der Waals surface area contributed by atoms with Crippen LogP contribution >= 0.6 is 0 Å². The number of benzene rings is 1. The molecule has 1 N–H and O–H groups in total. The Morgan fingerprint density at radius 3 is 2.64 bits per heavy atom. The molecule has 2 fully saturated rings. The van der Waals surface area contributed by atoms with Crippen LogP contribution in [-0.4, -0.2) is 49.7 Å². The minimum atomic E-state index is 0.428. The third-order valence-corrected chi connectivity index (χ3v) is 4.69. The fraction of sp³-hybridized carbons (Fsp3) is 0.611. The predicted octanol–water partition coefficient (Wildman–Crippen LogP) is 2.62. The Balaban J connectivity index is 1.50. The molecule has 0 spiro atoms. The molecule has 1 aliphatic carbocycles. The number of rotatable bonds is 4. The van der Waals surface area contributed by atoms with Crippen LogP contribution in [-0.2, 0) is 4.74 Å². The summed E-state index contributed by atoms with van der Waals surface area (Å²) in [6, 6.07) is 11.3. The van der Waals surface area contributed by atoms with Crippen molar-refractivity contribution < 1.29 is 4.74 Å². The van der Waals surface area contributed by atoms with Gasteiger partial charge in [0, 0.05) is 38.7 Å². The van der Waals surface area contributed by atoms with Crippen molar-refractivity contribution >= 4 is 5.96 Å². The van der Waals surface area contributed by atoms with E-state index in [9.17, 15) is 0 Å². The summed E-state index contributed by atoms with van der Waals surface area (Å²) in [5, 5.41) is 3.64. The smallest absolute Gasteiger partial charge is 0.193 e. The highest BCUT2D eigenvalue weighted by atomic mass is 16.5. The molecule has 0 bridgehead atoms. The largest absolute Gasteiger partial charge is 0.378 e. The summed E-state index contributed by atoms with van der Waals surface area (Å²) in [5.41, 5.74) is 1.44. The summed E-state index contributed by atoms with van der Waals surface area (Å²) >= 11 is 0. The molecule has 2 unspecified atom stereocenters. The Hall–Kier alpha value is -1.55. The zero-order valence-corrected chi connectivity index (χ0v) is 13.7. The molecule has 0 aromatic heterocycles. The van der Waals surface area contributed by atoms with E-state index in [1.165, 1.54) is 12.0 Å². The summed E-state index contributed by atoms with van der Waals surface area (Å²) < 4.78 is 5.73. The fourth-order valence-corrected chi connectivity index (χ4v) is 3.36. The lowest BCUT2D eigenvalue weighted by Gasteiger charge is -2.34. The third kappa shape index (κ3) is 3.61. The summed E-state index contributed by atoms with van der Waals surface area (Å²) in [6.07, 6.45) is 3.83. The number of ether oxygens (including phenoxy) is 1. The highest BCUT2D eigenvalue weighted by molar-refractivity contribution is 5.80. The predicted molar refractivity (Wildman–Crippen MR) is 90.3 cm³/mol. The van der Waals surface area contributed by atoms with Crippen molar-refractivity contribution in [3.63, 3.8) is 0 Å². The van der Waals surface area contributed by atoms with Crippen LogP contribution in [0.1, 0.15) is 37.7 Å². The molecule has 3 rings (SSSR count). The maximum Gasteiger partial charge on any atom is 0.193 e. The van der Waals surface area contributed by atoms with E-state index in [4.69, 9.17) is 4.74 Å². The highest BCUT2D eigenvalue weighted by Crippen LogP contribution is 2.40. The Kier molecular flexibility index (Phi) is 4.98. The van der Waals surface area contributed by atoms with Gasteiger partial charge in [-0.2, -0.15) is 0 Å². The zero-order valence-electron chi connectivity index (χ0n) is 13.7. The zero-order chi connectivity index (χ0) is 15.4. The van der Waals surface area contributed by atoms with Gasteiger partial charge in [0.15, 0.2) is 5.96 Å². The number of piperidine rings is 1. The second kappa shape index (κ2) is 7.14. The number of likely N-dealkylation sites (tertiary alicyclic amines) is 1. The molecule has 120 valence electrons. The maximum atomic E-state index is 5.73. The van der Waals surface area contributed by atoms with Crippen LogP contribution in [0.5, 0.6) is 0 Å². The van der Waals surface area contributed by atoms with Crippen LogP contribution in [0.15, 0.2) is 35.3 Å². The van der Waals surface area contributed by atoms with E-state index in [1.54, 1.807) is 0 Å². The van der Waals surface area contributed by atoms with E-state index >= 15 is 0 Å². The first-order chi connectivity index (χ1) is 10.8. The Bertz CT molecular complexity index is 494. The molecular weight excluding hydrogens is 274 g/mol. The number of hydrogen-bond donors (Lipinski definition) is 1. The number of nitrogens with zero attached hydrogens (tertiary/aromatic N) is 2. The Labute approximate surface area is 133 Å². The molecule has 0 amide bonds. The van der Waals surface area contributed by atoms with Gasteiger partial charge >= 0.3 is 0 Å². The van der Waals surface area contributed by atoms with E-state index in [0.29, 0.717) is 18.1 Å².